The van der Waals surface area contributed by atoms with Crippen molar-refractivity contribution in [3.63, 3.8) is 0 Å². The molecule has 0 saturated heterocycles. The monoisotopic (exact) mass is 306 g/mol. The lowest BCUT2D eigenvalue weighted by Gasteiger charge is -2.09. The third-order valence-corrected chi connectivity index (χ3v) is 3.24. The van der Waals surface area contributed by atoms with E-state index >= 15 is 0 Å². The fourth-order valence-corrected chi connectivity index (χ4v) is 2.39. The van der Waals surface area contributed by atoms with Gasteiger partial charge in [-0.2, -0.15) is 0 Å². The van der Waals surface area contributed by atoms with Crippen molar-refractivity contribution < 1.29 is 9.47 Å². The van der Waals surface area contributed by atoms with Crippen LogP contribution in [0.4, 0.5) is 0 Å². The first kappa shape index (κ1) is 15.0. The van der Waals surface area contributed by atoms with E-state index in [-0.39, 0.29) is 0 Å². The highest BCUT2D eigenvalue weighted by Gasteiger charge is 2.03. The predicted octanol–water partition coefficient (Wildman–Crippen LogP) is 4.46. The highest BCUT2D eigenvalue weighted by atomic mass is 16.5. The first-order valence-corrected chi connectivity index (χ1v) is 7.44. The lowest BCUT2D eigenvalue weighted by molar-refractivity contribution is 0.304. The van der Waals surface area contributed by atoms with Crippen LogP contribution in [0.15, 0.2) is 60.9 Å². The van der Waals surface area contributed by atoms with E-state index in [2.05, 4.69) is 42.0 Å². The molecule has 3 aromatic rings. The molecule has 2 aromatic carbocycles. The summed E-state index contributed by atoms with van der Waals surface area (Å²) in [6.45, 7) is 4.70. The molecular weight excluding hydrogens is 288 g/mol. The summed E-state index contributed by atoms with van der Waals surface area (Å²) in [6.07, 6.45) is 3.28. The van der Waals surface area contributed by atoms with Crippen molar-refractivity contribution in [2.24, 2.45) is 0 Å². The Bertz CT molecular complexity index is 768. The number of aryl methyl sites for hydroxylation is 2. The Morgan fingerprint density at radius 2 is 1.52 bits per heavy atom. The molecule has 0 aliphatic heterocycles. The Kier molecular flexibility index (Phi) is 4.52. The lowest BCUT2D eigenvalue weighted by Crippen LogP contribution is -1.97. The van der Waals surface area contributed by atoms with Crippen LogP contribution in [0.2, 0.25) is 0 Å². The Balaban J connectivity index is 1.68. The smallest absolute Gasteiger partial charge is 0.321 e. The molecule has 23 heavy (non-hydrogen) atoms. The average molecular weight is 306 g/mol. The van der Waals surface area contributed by atoms with Crippen LogP contribution in [-0.2, 0) is 6.61 Å². The number of hydrogen-bond acceptors (Lipinski definition) is 4. The highest BCUT2D eigenvalue weighted by Crippen LogP contribution is 2.23. The fraction of sp³-hybridized carbons (Fsp3) is 0.158. The second kappa shape index (κ2) is 6.92. The molecule has 4 nitrogen and oxygen atoms in total. The average Bonchev–Trinajstić information content (AvgIpc) is 2.53. The van der Waals surface area contributed by atoms with Crippen molar-refractivity contribution in [3.8, 4) is 17.5 Å². The van der Waals surface area contributed by atoms with Crippen molar-refractivity contribution >= 4 is 0 Å². The summed E-state index contributed by atoms with van der Waals surface area (Å²) < 4.78 is 11.5. The minimum absolute atomic E-state index is 0.318. The Morgan fingerprint density at radius 3 is 2.26 bits per heavy atom. The third kappa shape index (κ3) is 4.30. The van der Waals surface area contributed by atoms with Crippen molar-refractivity contribution in [1.82, 2.24) is 9.97 Å². The molecule has 0 atom stereocenters. The van der Waals surface area contributed by atoms with E-state index in [0.717, 1.165) is 11.3 Å². The van der Waals surface area contributed by atoms with Crippen LogP contribution in [0.1, 0.15) is 16.7 Å². The van der Waals surface area contributed by atoms with E-state index < -0.39 is 0 Å². The number of rotatable bonds is 5. The van der Waals surface area contributed by atoms with Gasteiger partial charge in [0.25, 0.3) is 0 Å². The van der Waals surface area contributed by atoms with Crippen molar-refractivity contribution in [3.05, 3.63) is 77.6 Å². The predicted molar refractivity (Wildman–Crippen MR) is 88.8 cm³/mol. The molecule has 4 heteroatoms. The van der Waals surface area contributed by atoms with E-state index in [1.807, 2.05) is 24.3 Å². The van der Waals surface area contributed by atoms with E-state index in [1.54, 1.807) is 18.5 Å². The van der Waals surface area contributed by atoms with Crippen molar-refractivity contribution in [2.45, 2.75) is 20.5 Å². The zero-order valence-electron chi connectivity index (χ0n) is 13.2. The second-order valence-corrected chi connectivity index (χ2v) is 5.39. The summed E-state index contributed by atoms with van der Waals surface area (Å²) in [5.41, 5.74) is 3.63. The van der Waals surface area contributed by atoms with Crippen LogP contribution >= 0.6 is 0 Å². The van der Waals surface area contributed by atoms with Crippen LogP contribution in [0.5, 0.6) is 17.5 Å². The molecule has 0 spiro atoms. The number of hydrogen-bond donors (Lipinski definition) is 0. The highest BCUT2D eigenvalue weighted by molar-refractivity contribution is 5.35. The topological polar surface area (TPSA) is 44.2 Å². The molecule has 1 heterocycles. The quantitative estimate of drug-likeness (QED) is 0.698. The van der Waals surface area contributed by atoms with Gasteiger partial charge in [-0.1, -0.05) is 35.4 Å². The van der Waals surface area contributed by atoms with Crippen LogP contribution in [-0.4, -0.2) is 9.97 Å². The molecule has 0 fully saturated rings. The first-order chi connectivity index (χ1) is 11.2. The molecule has 0 aliphatic carbocycles. The molecule has 0 N–H and O–H groups in total. The Morgan fingerprint density at radius 1 is 0.826 bits per heavy atom. The normalized spacial score (nSPS) is 10.3. The van der Waals surface area contributed by atoms with Gasteiger partial charge in [-0.05, 0) is 37.6 Å². The number of benzene rings is 2. The summed E-state index contributed by atoms with van der Waals surface area (Å²) in [5, 5.41) is 0. The maximum absolute atomic E-state index is 5.86. The zero-order chi connectivity index (χ0) is 16.1. The van der Waals surface area contributed by atoms with Crippen LogP contribution < -0.4 is 9.47 Å². The Labute approximate surface area is 135 Å². The maximum Gasteiger partial charge on any atom is 0.321 e. The SMILES string of the molecule is Cc1cc(C)cc(COc2cccc(Oc3ncccn3)c2)c1. The second-order valence-electron chi connectivity index (χ2n) is 5.39. The van der Waals surface area contributed by atoms with Gasteiger partial charge in [-0.15, -0.1) is 0 Å². The number of ether oxygens (including phenoxy) is 2. The van der Waals surface area contributed by atoms with Crippen LogP contribution in [0.25, 0.3) is 0 Å². The summed E-state index contributed by atoms with van der Waals surface area (Å²) in [6, 6.07) is 15.9. The maximum atomic E-state index is 5.86. The molecule has 3 rings (SSSR count). The Hall–Kier alpha value is -2.88. The molecule has 0 bridgehead atoms. The van der Waals surface area contributed by atoms with Crippen LogP contribution in [0, 0.1) is 13.8 Å². The van der Waals surface area contributed by atoms with E-state index in [9.17, 15) is 0 Å². The zero-order valence-corrected chi connectivity index (χ0v) is 13.2. The van der Waals surface area contributed by atoms with Gasteiger partial charge >= 0.3 is 6.01 Å². The van der Waals surface area contributed by atoms with Gasteiger partial charge in [0.1, 0.15) is 18.1 Å². The molecule has 0 amide bonds. The fourth-order valence-electron chi connectivity index (χ4n) is 2.39. The molecule has 0 saturated carbocycles. The van der Waals surface area contributed by atoms with E-state index in [0.29, 0.717) is 18.4 Å². The lowest BCUT2D eigenvalue weighted by atomic mass is 10.1. The van der Waals surface area contributed by atoms with Gasteiger partial charge in [-0.25, -0.2) is 9.97 Å². The van der Waals surface area contributed by atoms with E-state index in [4.69, 9.17) is 9.47 Å². The largest absolute Gasteiger partial charge is 0.489 e. The van der Waals surface area contributed by atoms with Gasteiger partial charge < -0.3 is 9.47 Å². The summed E-state index contributed by atoms with van der Waals surface area (Å²) in [5.74, 6) is 1.40. The minimum atomic E-state index is 0.318. The van der Waals surface area contributed by atoms with Gasteiger partial charge in [-0.3, -0.25) is 0 Å². The molecule has 0 radical (unpaired) electrons. The van der Waals surface area contributed by atoms with Gasteiger partial charge in [0.15, 0.2) is 0 Å². The van der Waals surface area contributed by atoms with Gasteiger partial charge in [0, 0.05) is 18.5 Å². The molecule has 0 aliphatic rings. The van der Waals surface area contributed by atoms with E-state index in [1.165, 1.54) is 11.1 Å². The molecular formula is C19H18N2O2. The van der Waals surface area contributed by atoms with Crippen molar-refractivity contribution in [2.75, 3.05) is 0 Å². The van der Waals surface area contributed by atoms with Gasteiger partial charge in [0.2, 0.25) is 0 Å². The molecule has 0 unspecified atom stereocenters. The summed E-state index contributed by atoms with van der Waals surface area (Å²) >= 11 is 0. The number of nitrogens with zero attached hydrogens (tertiary/aromatic N) is 2. The minimum Gasteiger partial charge on any atom is -0.489 e. The summed E-state index contributed by atoms with van der Waals surface area (Å²) in [7, 11) is 0. The van der Waals surface area contributed by atoms with Gasteiger partial charge in [0.05, 0.1) is 0 Å². The first-order valence-electron chi connectivity index (χ1n) is 7.44. The molecule has 116 valence electrons. The van der Waals surface area contributed by atoms with Crippen molar-refractivity contribution in [1.29, 1.82) is 0 Å². The third-order valence-electron chi connectivity index (χ3n) is 3.24. The van der Waals surface area contributed by atoms with Crippen LogP contribution in [0.3, 0.4) is 0 Å². The molecule has 1 aromatic heterocycles. The standard InChI is InChI=1S/C19H18N2O2/c1-14-9-15(2)11-16(10-14)13-22-17-5-3-6-18(12-17)23-19-20-7-4-8-21-19/h3-12H,13H2,1-2H3. The summed E-state index contributed by atoms with van der Waals surface area (Å²) in [4.78, 5) is 8.09. The number of aromatic nitrogens is 2.